The molecular formula is C36H40N4O5. The molecule has 2 aromatic heterocycles. The second-order valence-corrected chi connectivity index (χ2v) is 12.7. The van der Waals surface area contributed by atoms with Gasteiger partial charge in [-0.05, 0) is 105 Å². The summed E-state index contributed by atoms with van der Waals surface area (Å²) in [5, 5.41) is 10.5. The van der Waals surface area contributed by atoms with Gasteiger partial charge in [0.15, 0.2) is 6.10 Å². The number of ether oxygens (including phenoxy) is 3. The quantitative estimate of drug-likeness (QED) is 0.246. The Balaban J connectivity index is 1.50. The van der Waals surface area contributed by atoms with E-state index in [-0.39, 0.29) is 0 Å². The maximum atomic E-state index is 12.9. The molecule has 9 nitrogen and oxygen atoms in total. The minimum absolute atomic E-state index is 0.350. The number of hydrogen-bond donors (Lipinski definition) is 1. The van der Waals surface area contributed by atoms with Crippen molar-refractivity contribution in [2.75, 3.05) is 25.2 Å². The first-order valence-electron chi connectivity index (χ1n) is 15.4. The van der Waals surface area contributed by atoms with Crippen LogP contribution in [-0.2, 0) is 28.9 Å². The summed E-state index contributed by atoms with van der Waals surface area (Å²) in [6, 6.07) is 15.0. The van der Waals surface area contributed by atoms with Gasteiger partial charge >= 0.3 is 12.0 Å². The summed E-state index contributed by atoms with van der Waals surface area (Å²) in [6.07, 6.45) is 3.20. The van der Waals surface area contributed by atoms with Crippen LogP contribution in [0.1, 0.15) is 66.9 Å². The third-order valence-corrected chi connectivity index (χ3v) is 8.39. The molecule has 4 heterocycles. The zero-order chi connectivity index (χ0) is 31.9. The van der Waals surface area contributed by atoms with Gasteiger partial charge in [0.05, 0.1) is 19.3 Å². The van der Waals surface area contributed by atoms with Crippen LogP contribution in [0.4, 0.5) is 5.82 Å². The minimum atomic E-state index is -1.20. The molecule has 0 radical (unpaired) electrons. The van der Waals surface area contributed by atoms with Crippen LogP contribution in [0.5, 0.6) is 11.8 Å². The number of nitrogens with zero attached hydrogens (tertiary/aromatic N) is 4. The number of hydrogen-bond acceptors (Lipinski definition) is 8. The molecule has 9 heteroatoms. The van der Waals surface area contributed by atoms with Crippen LogP contribution < -0.4 is 14.4 Å². The van der Waals surface area contributed by atoms with Crippen molar-refractivity contribution in [3.8, 4) is 34.0 Å². The normalized spacial score (nSPS) is 15.1. The molecule has 2 aliphatic rings. The molecule has 0 saturated heterocycles. The van der Waals surface area contributed by atoms with Gasteiger partial charge < -0.3 is 24.2 Å². The predicted octanol–water partition coefficient (Wildman–Crippen LogP) is 6.66. The SMILES string of the molecule is COc1nccc(N2CCc3cc(-c4c(C)nc(C)c([C@H](OC(C)(C)C)C(=O)O)c4-c4ccc5c(c4)CCCO5)ccc3C2)n1. The monoisotopic (exact) mass is 608 g/mol. The summed E-state index contributed by atoms with van der Waals surface area (Å²) >= 11 is 0. The smallest absolute Gasteiger partial charge is 0.337 e. The van der Waals surface area contributed by atoms with Crippen molar-refractivity contribution in [3.05, 3.63) is 82.3 Å². The Hall–Kier alpha value is -4.50. The van der Waals surface area contributed by atoms with E-state index in [9.17, 15) is 9.90 Å². The predicted molar refractivity (Wildman–Crippen MR) is 173 cm³/mol. The first-order chi connectivity index (χ1) is 21.5. The van der Waals surface area contributed by atoms with Gasteiger partial charge in [0, 0.05) is 41.8 Å². The van der Waals surface area contributed by atoms with Crippen LogP contribution in [0, 0.1) is 13.8 Å². The van der Waals surface area contributed by atoms with Crippen LogP contribution in [0.2, 0.25) is 0 Å². The van der Waals surface area contributed by atoms with E-state index >= 15 is 0 Å². The zero-order valence-corrected chi connectivity index (χ0v) is 26.8. The molecule has 2 aromatic carbocycles. The number of fused-ring (bicyclic) bond motifs is 2. The van der Waals surface area contributed by atoms with Crippen molar-refractivity contribution in [1.82, 2.24) is 15.0 Å². The highest BCUT2D eigenvalue weighted by atomic mass is 16.5. The molecule has 1 N–H and O–H groups in total. The van der Waals surface area contributed by atoms with Gasteiger partial charge in [-0.15, -0.1) is 0 Å². The summed E-state index contributed by atoms with van der Waals surface area (Å²) in [5.41, 5.74) is 8.66. The van der Waals surface area contributed by atoms with Crippen LogP contribution in [0.3, 0.4) is 0 Å². The molecule has 4 aromatic rings. The lowest BCUT2D eigenvalue weighted by atomic mass is 9.84. The van der Waals surface area contributed by atoms with Crippen LogP contribution in [0.25, 0.3) is 22.3 Å². The number of benzene rings is 2. The fourth-order valence-electron chi connectivity index (χ4n) is 6.45. The van der Waals surface area contributed by atoms with Crippen LogP contribution >= 0.6 is 0 Å². The molecule has 45 heavy (non-hydrogen) atoms. The van der Waals surface area contributed by atoms with Crippen molar-refractivity contribution in [2.24, 2.45) is 0 Å². The topological polar surface area (TPSA) is 107 Å². The highest BCUT2D eigenvalue weighted by Crippen LogP contribution is 2.44. The third-order valence-electron chi connectivity index (χ3n) is 8.39. The number of carbonyl (C=O) groups is 1. The molecule has 0 saturated carbocycles. The lowest BCUT2D eigenvalue weighted by Crippen LogP contribution is -2.31. The van der Waals surface area contributed by atoms with E-state index in [1.54, 1.807) is 13.3 Å². The van der Waals surface area contributed by atoms with Gasteiger partial charge in [0.1, 0.15) is 11.6 Å². The number of pyridine rings is 1. The molecule has 234 valence electrons. The van der Waals surface area contributed by atoms with Crippen LogP contribution in [-0.4, -0.2) is 51.9 Å². The number of carboxylic acid groups (broad SMARTS) is 1. The average molecular weight is 609 g/mol. The summed E-state index contributed by atoms with van der Waals surface area (Å²) in [7, 11) is 1.57. The second kappa shape index (κ2) is 12.1. The summed E-state index contributed by atoms with van der Waals surface area (Å²) in [4.78, 5) is 28.7. The Morgan fingerprint density at radius 1 is 0.956 bits per heavy atom. The molecule has 0 aliphatic carbocycles. The minimum Gasteiger partial charge on any atom is -0.493 e. The molecule has 0 fully saturated rings. The zero-order valence-electron chi connectivity index (χ0n) is 26.8. The van der Waals surface area contributed by atoms with Gasteiger partial charge in [0.25, 0.3) is 0 Å². The number of anilines is 1. The average Bonchev–Trinajstić information content (AvgIpc) is 3.02. The van der Waals surface area contributed by atoms with Crippen molar-refractivity contribution in [3.63, 3.8) is 0 Å². The second-order valence-electron chi connectivity index (χ2n) is 12.7. The van der Waals surface area contributed by atoms with Crippen molar-refractivity contribution < 1.29 is 24.1 Å². The van der Waals surface area contributed by atoms with Gasteiger partial charge in [-0.25, -0.2) is 9.78 Å². The highest BCUT2D eigenvalue weighted by molar-refractivity contribution is 5.91. The van der Waals surface area contributed by atoms with Gasteiger partial charge in [0.2, 0.25) is 0 Å². The van der Waals surface area contributed by atoms with E-state index < -0.39 is 17.7 Å². The van der Waals surface area contributed by atoms with E-state index in [0.717, 1.165) is 70.9 Å². The maximum Gasteiger partial charge on any atom is 0.337 e. The van der Waals surface area contributed by atoms with Gasteiger partial charge in [-0.1, -0.05) is 24.3 Å². The number of aliphatic carboxylic acids is 1. The highest BCUT2D eigenvalue weighted by Gasteiger charge is 2.34. The molecule has 0 bridgehead atoms. The van der Waals surface area contributed by atoms with Crippen molar-refractivity contribution in [1.29, 1.82) is 0 Å². The van der Waals surface area contributed by atoms with E-state index in [1.165, 1.54) is 11.1 Å². The molecule has 2 aliphatic heterocycles. The number of aromatic nitrogens is 3. The van der Waals surface area contributed by atoms with E-state index in [2.05, 4.69) is 39.1 Å². The summed E-state index contributed by atoms with van der Waals surface area (Å²) in [6.45, 7) is 11.7. The standard InChI is InChI=1S/C36H40N4O5/c1-21-30(25-9-10-27-20-40(16-14-23(27)18-25)29-13-15-37-35(39-29)43-6)32(26-11-12-28-24(19-26)8-7-17-44-28)31(22(2)38-21)33(34(41)42)45-36(3,4)5/h9-13,15,18-19,33H,7-8,14,16-17,20H2,1-6H3,(H,41,42)/t33-/m0/s1. The first kappa shape index (κ1) is 30.5. The van der Waals surface area contributed by atoms with E-state index in [4.69, 9.17) is 19.2 Å². The summed E-state index contributed by atoms with van der Waals surface area (Å²) < 4.78 is 17.4. The number of rotatable bonds is 7. The van der Waals surface area contributed by atoms with Gasteiger partial charge in [-0.2, -0.15) is 4.98 Å². The van der Waals surface area contributed by atoms with E-state index in [1.807, 2.05) is 52.8 Å². The molecule has 0 amide bonds. The van der Waals surface area contributed by atoms with Crippen molar-refractivity contribution >= 4 is 11.8 Å². The maximum absolute atomic E-state index is 12.9. The molecule has 0 spiro atoms. The fourth-order valence-corrected chi connectivity index (χ4v) is 6.45. The van der Waals surface area contributed by atoms with Crippen LogP contribution in [0.15, 0.2) is 48.7 Å². The Bertz CT molecular complexity index is 1760. The fraction of sp³-hybridized carbons (Fsp3) is 0.389. The Labute approximate surface area is 264 Å². The van der Waals surface area contributed by atoms with E-state index in [0.29, 0.717) is 30.4 Å². The van der Waals surface area contributed by atoms with Gasteiger partial charge in [-0.3, -0.25) is 4.98 Å². The lowest BCUT2D eigenvalue weighted by molar-refractivity contribution is -0.160. The number of methoxy groups -OCH3 is 1. The summed E-state index contributed by atoms with van der Waals surface area (Å²) in [5.74, 6) is 0.673. The molecule has 6 rings (SSSR count). The molecule has 1 atom stereocenters. The third kappa shape index (κ3) is 6.22. The Morgan fingerprint density at radius 3 is 2.47 bits per heavy atom. The lowest BCUT2D eigenvalue weighted by Gasteiger charge is -2.31. The Morgan fingerprint density at radius 2 is 1.71 bits per heavy atom. The number of carboxylic acids is 1. The number of aryl methyl sites for hydroxylation is 3. The largest absolute Gasteiger partial charge is 0.493 e. The molecule has 0 unspecified atom stereocenters. The molecular weight excluding hydrogens is 568 g/mol. The first-order valence-corrected chi connectivity index (χ1v) is 15.4. The Kier molecular flexibility index (Phi) is 8.22. The van der Waals surface area contributed by atoms with Crippen molar-refractivity contribution in [2.45, 2.75) is 72.1 Å².